The maximum absolute atomic E-state index is 5.54. The highest BCUT2D eigenvalue weighted by Gasteiger charge is 2.21. The van der Waals surface area contributed by atoms with Crippen LogP contribution in [0.2, 0.25) is 0 Å². The first-order valence-corrected chi connectivity index (χ1v) is 4.20. The maximum Gasteiger partial charge on any atom is 0.202 e. The molecule has 0 atom stereocenters. The van der Waals surface area contributed by atoms with E-state index in [1.165, 1.54) is 12.8 Å². The highest BCUT2D eigenvalue weighted by Crippen LogP contribution is 2.28. The van der Waals surface area contributed by atoms with E-state index >= 15 is 0 Å². The van der Waals surface area contributed by atoms with Gasteiger partial charge in [0.2, 0.25) is 5.95 Å². The van der Waals surface area contributed by atoms with Gasteiger partial charge >= 0.3 is 0 Å². The summed E-state index contributed by atoms with van der Waals surface area (Å²) >= 11 is 0. The fraction of sp³-hybridized carbons (Fsp3) is 0.625. The molecule has 1 aliphatic rings. The van der Waals surface area contributed by atoms with E-state index < -0.39 is 0 Å². The molecule has 0 amide bonds. The number of nitrogen functional groups attached to an aromatic ring is 1. The second-order valence-corrected chi connectivity index (χ2v) is 3.20. The minimum atomic E-state index is 0.519. The first-order valence-electron chi connectivity index (χ1n) is 4.20. The Hall–Kier alpha value is -1.03. The Kier molecular flexibility index (Phi) is 1.99. The van der Waals surface area contributed by atoms with Gasteiger partial charge in [-0.3, -0.25) is 4.57 Å². The Morgan fingerprint density at radius 2 is 2.50 bits per heavy atom. The lowest BCUT2D eigenvalue weighted by Crippen LogP contribution is -2.06. The SMILES string of the molecule is Nc1nccn1COCC1CC1. The highest BCUT2D eigenvalue weighted by molar-refractivity contribution is 5.15. The molecule has 66 valence electrons. The van der Waals surface area contributed by atoms with Gasteiger partial charge in [0.1, 0.15) is 6.73 Å². The van der Waals surface area contributed by atoms with E-state index in [0.29, 0.717) is 12.7 Å². The number of anilines is 1. The molecule has 0 saturated heterocycles. The van der Waals surface area contributed by atoms with Crippen molar-refractivity contribution in [2.45, 2.75) is 19.6 Å². The van der Waals surface area contributed by atoms with Gasteiger partial charge < -0.3 is 10.5 Å². The molecule has 0 unspecified atom stereocenters. The predicted molar refractivity (Wildman–Crippen MR) is 45.3 cm³/mol. The summed E-state index contributed by atoms with van der Waals surface area (Å²) in [6.45, 7) is 1.39. The normalized spacial score (nSPS) is 16.7. The lowest BCUT2D eigenvalue weighted by atomic mass is 10.5. The largest absolute Gasteiger partial charge is 0.369 e. The van der Waals surface area contributed by atoms with Crippen molar-refractivity contribution in [3.8, 4) is 0 Å². The molecular formula is C8H13N3O. The molecule has 1 aromatic heterocycles. The third-order valence-corrected chi connectivity index (χ3v) is 2.03. The summed E-state index contributed by atoms with van der Waals surface area (Å²) in [5.41, 5.74) is 5.54. The smallest absolute Gasteiger partial charge is 0.202 e. The fourth-order valence-electron chi connectivity index (χ4n) is 1.05. The van der Waals surface area contributed by atoms with Gasteiger partial charge in [-0.1, -0.05) is 0 Å². The molecular weight excluding hydrogens is 154 g/mol. The van der Waals surface area contributed by atoms with E-state index in [1.54, 1.807) is 10.8 Å². The van der Waals surface area contributed by atoms with Gasteiger partial charge in [-0.05, 0) is 18.8 Å². The number of hydrogen-bond donors (Lipinski definition) is 1. The quantitative estimate of drug-likeness (QED) is 0.723. The van der Waals surface area contributed by atoms with Crippen LogP contribution in [-0.2, 0) is 11.5 Å². The van der Waals surface area contributed by atoms with Crippen LogP contribution in [0.1, 0.15) is 12.8 Å². The molecule has 1 saturated carbocycles. The Morgan fingerprint density at radius 3 is 3.08 bits per heavy atom. The molecule has 0 aliphatic heterocycles. The van der Waals surface area contributed by atoms with Crippen LogP contribution >= 0.6 is 0 Å². The fourth-order valence-corrected chi connectivity index (χ4v) is 1.05. The van der Waals surface area contributed by atoms with Crippen LogP contribution in [0.5, 0.6) is 0 Å². The van der Waals surface area contributed by atoms with E-state index in [2.05, 4.69) is 4.98 Å². The van der Waals surface area contributed by atoms with E-state index in [0.717, 1.165) is 12.5 Å². The van der Waals surface area contributed by atoms with Crippen molar-refractivity contribution in [1.29, 1.82) is 0 Å². The highest BCUT2D eigenvalue weighted by atomic mass is 16.5. The van der Waals surface area contributed by atoms with Crippen LogP contribution in [0.25, 0.3) is 0 Å². The average molecular weight is 167 g/mol. The number of aromatic nitrogens is 2. The number of ether oxygens (including phenoxy) is 1. The first-order chi connectivity index (χ1) is 5.86. The molecule has 2 rings (SSSR count). The summed E-state index contributed by atoms with van der Waals surface area (Å²) < 4.78 is 7.22. The second-order valence-electron chi connectivity index (χ2n) is 3.20. The molecule has 4 nitrogen and oxygen atoms in total. The van der Waals surface area contributed by atoms with Gasteiger partial charge in [0.05, 0.1) is 6.61 Å². The lowest BCUT2D eigenvalue weighted by Gasteiger charge is -2.04. The van der Waals surface area contributed by atoms with Crippen molar-refractivity contribution >= 4 is 5.95 Å². The van der Waals surface area contributed by atoms with E-state index in [-0.39, 0.29) is 0 Å². The van der Waals surface area contributed by atoms with Crippen LogP contribution in [-0.4, -0.2) is 16.2 Å². The Morgan fingerprint density at radius 1 is 1.67 bits per heavy atom. The number of rotatable bonds is 4. The third-order valence-electron chi connectivity index (χ3n) is 2.03. The van der Waals surface area contributed by atoms with Gasteiger partial charge in [-0.2, -0.15) is 0 Å². The van der Waals surface area contributed by atoms with Crippen molar-refractivity contribution in [3.05, 3.63) is 12.4 Å². The van der Waals surface area contributed by atoms with Gasteiger partial charge in [-0.15, -0.1) is 0 Å². The molecule has 12 heavy (non-hydrogen) atoms. The zero-order valence-corrected chi connectivity index (χ0v) is 6.94. The average Bonchev–Trinajstić information content (AvgIpc) is 2.78. The van der Waals surface area contributed by atoms with Crippen molar-refractivity contribution < 1.29 is 4.74 Å². The van der Waals surface area contributed by atoms with Gasteiger partial charge in [0, 0.05) is 12.4 Å². The van der Waals surface area contributed by atoms with Crippen molar-refractivity contribution in [3.63, 3.8) is 0 Å². The van der Waals surface area contributed by atoms with E-state index in [9.17, 15) is 0 Å². The Labute approximate surface area is 71.3 Å². The molecule has 0 bridgehead atoms. The van der Waals surface area contributed by atoms with Crippen molar-refractivity contribution in [1.82, 2.24) is 9.55 Å². The third kappa shape index (κ3) is 1.76. The number of nitrogens with two attached hydrogens (primary N) is 1. The summed E-state index contributed by atoms with van der Waals surface area (Å²) in [6.07, 6.45) is 6.14. The van der Waals surface area contributed by atoms with Crippen LogP contribution in [0, 0.1) is 5.92 Å². The number of hydrogen-bond acceptors (Lipinski definition) is 3. The molecule has 1 fully saturated rings. The zero-order valence-electron chi connectivity index (χ0n) is 6.94. The molecule has 0 radical (unpaired) electrons. The minimum absolute atomic E-state index is 0.519. The van der Waals surface area contributed by atoms with E-state index in [4.69, 9.17) is 10.5 Å². The van der Waals surface area contributed by atoms with Crippen LogP contribution in [0.4, 0.5) is 5.95 Å². The molecule has 1 heterocycles. The van der Waals surface area contributed by atoms with Gasteiger partial charge in [0.15, 0.2) is 0 Å². The molecule has 1 aliphatic carbocycles. The number of imidazole rings is 1. The Balaban J connectivity index is 1.75. The second kappa shape index (κ2) is 3.15. The summed E-state index contributed by atoms with van der Waals surface area (Å²) in [4.78, 5) is 3.89. The maximum atomic E-state index is 5.54. The van der Waals surface area contributed by atoms with Crippen LogP contribution in [0.3, 0.4) is 0 Å². The van der Waals surface area contributed by atoms with Gasteiger partial charge in [0.25, 0.3) is 0 Å². The molecule has 4 heteroatoms. The summed E-state index contributed by atoms with van der Waals surface area (Å²) in [5.74, 6) is 1.32. The first kappa shape index (κ1) is 7.61. The van der Waals surface area contributed by atoms with Crippen LogP contribution in [0.15, 0.2) is 12.4 Å². The molecule has 1 aromatic rings. The van der Waals surface area contributed by atoms with Crippen LogP contribution < -0.4 is 5.73 Å². The number of nitrogens with zero attached hydrogens (tertiary/aromatic N) is 2. The molecule has 0 aromatic carbocycles. The minimum Gasteiger partial charge on any atom is -0.369 e. The summed E-state index contributed by atoms with van der Waals surface area (Å²) in [5, 5.41) is 0. The van der Waals surface area contributed by atoms with Gasteiger partial charge in [-0.25, -0.2) is 4.98 Å². The lowest BCUT2D eigenvalue weighted by molar-refractivity contribution is 0.0703. The molecule has 0 spiro atoms. The topological polar surface area (TPSA) is 53.1 Å². The van der Waals surface area contributed by atoms with Crippen molar-refractivity contribution in [2.24, 2.45) is 5.92 Å². The summed E-state index contributed by atoms with van der Waals surface area (Å²) in [7, 11) is 0. The van der Waals surface area contributed by atoms with Crippen molar-refractivity contribution in [2.75, 3.05) is 12.3 Å². The summed E-state index contributed by atoms with van der Waals surface area (Å²) in [6, 6.07) is 0. The Bertz CT molecular complexity index is 255. The molecule has 2 N–H and O–H groups in total. The van der Waals surface area contributed by atoms with E-state index in [1.807, 2.05) is 6.20 Å². The predicted octanol–water partition coefficient (Wildman–Crippen LogP) is 0.849. The monoisotopic (exact) mass is 167 g/mol. The standard InChI is InChI=1S/C8H13N3O/c9-8-10-3-4-11(8)6-12-5-7-1-2-7/h3-4,7H,1-2,5-6H2,(H2,9,10). The zero-order chi connectivity index (χ0) is 8.39.